The number of nitrogens with two attached hydrogens (primary N) is 1. The molecule has 0 spiro atoms. The second-order valence-corrected chi connectivity index (χ2v) is 4.41. The lowest BCUT2D eigenvalue weighted by molar-refractivity contribution is 0.126. The Hall–Kier alpha value is -0.120. The molecule has 0 radical (unpaired) electrons. The molecule has 3 heteroatoms. The lowest BCUT2D eigenvalue weighted by Crippen LogP contribution is -2.42. The second-order valence-electron chi connectivity index (χ2n) is 4.41. The smallest absolute Gasteiger partial charge is 0.0478 e. The summed E-state index contributed by atoms with van der Waals surface area (Å²) in [5.74, 6) is 0.849. The Morgan fingerprint density at radius 1 is 1.43 bits per heavy atom. The molecule has 0 aromatic rings. The molecule has 2 N–H and O–H groups in total. The zero-order valence-corrected chi connectivity index (χ0v) is 9.54. The van der Waals surface area contributed by atoms with Gasteiger partial charge < -0.3 is 15.4 Å². The van der Waals surface area contributed by atoms with E-state index in [1.165, 1.54) is 19.4 Å². The quantitative estimate of drug-likeness (QED) is 0.625. The first kappa shape index (κ1) is 12.0. The summed E-state index contributed by atoms with van der Waals surface area (Å²) in [4.78, 5) is 2.40. The first-order chi connectivity index (χ1) is 6.72. The highest BCUT2D eigenvalue weighted by Crippen LogP contribution is 2.25. The van der Waals surface area contributed by atoms with Gasteiger partial charge in [0.1, 0.15) is 0 Å². The first-order valence-corrected chi connectivity index (χ1v) is 5.74. The van der Waals surface area contributed by atoms with Gasteiger partial charge in [-0.1, -0.05) is 0 Å². The minimum absolute atomic E-state index is 0.483. The van der Waals surface area contributed by atoms with Crippen molar-refractivity contribution < 1.29 is 4.74 Å². The summed E-state index contributed by atoms with van der Waals surface area (Å²) in [6, 6.07) is 0.483. The van der Waals surface area contributed by atoms with Crippen molar-refractivity contribution in [1.29, 1.82) is 0 Å². The molecular weight excluding hydrogens is 176 g/mol. The second kappa shape index (κ2) is 6.38. The van der Waals surface area contributed by atoms with Crippen molar-refractivity contribution in [2.75, 3.05) is 33.4 Å². The highest BCUT2D eigenvalue weighted by Gasteiger charge is 2.26. The lowest BCUT2D eigenvalue weighted by atomic mass is 9.80. The molecule has 0 amide bonds. The Labute approximate surface area is 87.6 Å². The van der Waals surface area contributed by atoms with Gasteiger partial charge in [0.05, 0.1) is 0 Å². The molecular formula is C11H24N2O. The third-order valence-corrected chi connectivity index (χ3v) is 2.87. The Morgan fingerprint density at radius 3 is 2.71 bits per heavy atom. The third kappa shape index (κ3) is 4.40. The van der Waals surface area contributed by atoms with Crippen LogP contribution in [0.5, 0.6) is 0 Å². The molecule has 0 heterocycles. The summed E-state index contributed by atoms with van der Waals surface area (Å²) in [7, 11) is 2.19. The maximum absolute atomic E-state index is 5.75. The van der Waals surface area contributed by atoms with Crippen molar-refractivity contribution in [3.63, 3.8) is 0 Å². The van der Waals surface area contributed by atoms with Crippen LogP contribution >= 0.6 is 0 Å². The van der Waals surface area contributed by atoms with E-state index in [9.17, 15) is 0 Å². The van der Waals surface area contributed by atoms with Crippen LogP contribution in [-0.4, -0.2) is 44.3 Å². The van der Waals surface area contributed by atoms with Crippen molar-refractivity contribution >= 4 is 0 Å². The van der Waals surface area contributed by atoms with E-state index < -0.39 is 0 Å². The molecule has 1 fully saturated rings. The molecule has 84 valence electrons. The summed E-state index contributed by atoms with van der Waals surface area (Å²) < 4.78 is 5.30. The van der Waals surface area contributed by atoms with Crippen LogP contribution in [0.4, 0.5) is 0 Å². The first-order valence-electron chi connectivity index (χ1n) is 5.74. The van der Waals surface area contributed by atoms with Crippen molar-refractivity contribution in [3.8, 4) is 0 Å². The minimum Gasteiger partial charge on any atom is -0.382 e. The summed E-state index contributed by atoms with van der Waals surface area (Å²) >= 11 is 0. The van der Waals surface area contributed by atoms with Crippen LogP contribution in [0.2, 0.25) is 0 Å². The molecule has 0 aromatic carbocycles. The van der Waals surface area contributed by atoms with E-state index in [1.54, 1.807) is 0 Å². The Morgan fingerprint density at radius 2 is 2.14 bits per heavy atom. The van der Waals surface area contributed by atoms with Crippen LogP contribution in [0.3, 0.4) is 0 Å². The predicted octanol–water partition coefficient (Wildman–Crippen LogP) is 1.08. The van der Waals surface area contributed by atoms with E-state index in [-0.39, 0.29) is 0 Å². The SMILES string of the molecule is CCOCCCN(C)CC1CC(N)C1. The maximum Gasteiger partial charge on any atom is 0.0478 e. The Balaban J connectivity index is 1.91. The highest BCUT2D eigenvalue weighted by atomic mass is 16.5. The van der Waals surface area contributed by atoms with Crippen LogP contribution in [-0.2, 0) is 4.74 Å². The molecule has 14 heavy (non-hydrogen) atoms. The molecule has 1 rings (SSSR count). The summed E-state index contributed by atoms with van der Waals surface area (Å²) in [5.41, 5.74) is 5.75. The molecule has 0 bridgehead atoms. The minimum atomic E-state index is 0.483. The van der Waals surface area contributed by atoms with Gasteiger partial charge in [0.2, 0.25) is 0 Å². The zero-order valence-electron chi connectivity index (χ0n) is 9.54. The number of hydrogen-bond acceptors (Lipinski definition) is 3. The van der Waals surface area contributed by atoms with Crippen molar-refractivity contribution in [1.82, 2.24) is 4.90 Å². The molecule has 1 aliphatic rings. The van der Waals surface area contributed by atoms with E-state index in [4.69, 9.17) is 10.5 Å². The number of nitrogens with zero attached hydrogens (tertiary/aromatic N) is 1. The van der Waals surface area contributed by atoms with Gasteiger partial charge >= 0.3 is 0 Å². The normalized spacial score (nSPS) is 26.6. The Bertz CT molecular complexity index is 146. The topological polar surface area (TPSA) is 38.5 Å². The van der Waals surface area contributed by atoms with Gasteiger partial charge in [-0.3, -0.25) is 0 Å². The summed E-state index contributed by atoms with van der Waals surface area (Å²) in [5, 5.41) is 0. The largest absolute Gasteiger partial charge is 0.382 e. The van der Waals surface area contributed by atoms with Gasteiger partial charge in [0.25, 0.3) is 0 Å². The summed E-state index contributed by atoms with van der Waals surface area (Å²) in [6.07, 6.45) is 3.58. The van der Waals surface area contributed by atoms with Gasteiger partial charge in [-0.2, -0.15) is 0 Å². The van der Waals surface area contributed by atoms with Crippen molar-refractivity contribution in [3.05, 3.63) is 0 Å². The number of rotatable bonds is 7. The van der Waals surface area contributed by atoms with Crippen molar-refractivity contribution in [2.45, 2.75) is 32.2 Å². The fourth-order valence-corrected chi connectivity index (χ4v) is 2.05. The van der Waals surface area contributed by atoms with Gasteiger partial charge in [0, 0.05) is 32.3 Å². The fourth-order valence-electron chi connectivity index (χ4n) is 2.05. The predicted molar refractivity (Wildman–Crippen MR) is 59.3 cm³/mol. The van der Waals surface area contributed by atoms with E-state index in [1.807, 2.05) is 6.92 Å². The Kier molecular flexibility index (Phi) is 5.45. The van der Waals surface area contributed by atoms with Crippen molar-refractivity contribution in [2.24, 2.45) is 11.7 Å². The van der Waals surface area contributed by atoms with Gasteiger partial charge in [-0.25, -0.2) is 0 Å². The van der Waals surface area contributed by atoms with Gasteiger partial charge in [-0.05, 0) is 39.2 Å². The molecule has 1 saturated carbocycles. The monoisotopic (exact) mass is 200 g/mol. The van der Waals surface area contributed by atoms with Crippen LogP contribution in [0.1, 0.15) is 26.2 Å². The van der Waals surface area contributed by atoms with E-state index in [0.717, 1.165) is 32.1 Å². The molecule has 3 nitrogen and oxygen atoms in total. The highest BCUT2D eigenvalue weighted by molar-refractivity contribution is 4.83. The maximum atomic E-state index is 5.75. The van der Waals surface area contributed by atoms with Crippen LogP contribution < -0.4 is 5.73 Å². The van der Waals surface area contributed by atoms with Gasteiger partial charge in [-0.15, -0.1) is 0 Å². The average molecular weight is 200 g/mol. The number of ether oxygens (including phenoxy) is 1. The average Bonchev–Trinajstić information content (AvgIpc) is 2.10. The lowest BCUT2D eigenvalue weighted by Gasteiger charge is -2.35. The van der Waals surface area contributed by atoms with Crippen LogP contribution in [0.15, 0.2) is 0 Å². The molecule has 0 saturated heterocycles. The standard InChI is InChI=1S/C11H24N2O/c1-3-14-6-4-5-13(2)9-10-7-11(12)8-10/h10-11H,3-9,12H2,1-2H3. The third-order valence-electron chi connectivity index (χ3n) is 2.87. The molecule has 0 atom stereocenters. The molecule has 0 aliphatic heterocycles. The fraction of sp³-hybridized carbons (Fsp3) is 1.00. The van der Waals surface area contributed by atoms with Crippen LogP contribution in [0.25, 0.3) is 0 Å². The molecule has 1 aliphatic carbocycles. The van der Waals surface area contributed by atoms with E-state index in [0.29, 0.717) is 6.04 Å². The van der Waals surface area contributed by atoms with Crippen LogP contribution in [0, 0.1) is 5.92 Å². The zero-order chi connectivity index (χ0) is 10.4. The summed E-state index contributed by atoms with van der Waals surface area (Å²) in [6.45, 7) is 6.12. The van der Waals surface area contributed by atoms with Gasteiger partial charge in [0.15, 0.2) is 0 Å². The molecule has 0 unspecified atom stereocenters. The van der Waals surface area contributed by atoms with E-state index >= 15 is 0 Å². The molecule has 0 aromatic heterocycles. The number of hydrogen-bond donors (Lipinski definition) is 1. The van der Waals surface area contributed by atoms with E-state index in [2.05, 4.69) is 11.9 Å².